The minimum Gasteiger partial charge on any atom is -0.468 e. The Hall–Kier alpha value is -3.60. The number of nitrogens with zero attached hydrogens (tertiary/aromatic N) is 2. The number of amides is 1. The summed E-state index contributed by atoms with van der Waals surface area (Å²) < 4.78 is 6.10. The zero-order valence-electron chi connectivity index (χ0n) is 19.2. The zero-order chi connectivity index (χ0) is 25.4. The molecule has 0 unspecified atom stereocenters. The third-order valence-electron chi connectivity index (χ3n) is 6.89. The van der Waals surface area contributed by atoms with E-state index in [0.717, 1.165) is 15.6 Å². The van der Waals surface area contributed by atoms with Crippen molar-refractivity contribution in [1.29, 1.82) is 5.26 Å². The third kappa shape index (κ3) is 3.78. The monoisotopic (exact) mass is 561 g/mol. The average Bonchev–Trinajstić information content (AvgIpc) is 3.22. The van der Waals surface area contributed by atoms with E-state index in [-0.39, 0.29) is 5.91 Å². The molecule has 36 heavy (non-hydrogen) atoms. The predicted molar refractivity (Wildman–Crippen MR) is 141 cm³/mol. The first-order chi connectivity index (χ1) is 17.4. The lowest BCUT2D eigenvalue weighted by Gasteiger charge is -2.35. The van der Waals surface area contributed by atoms with E-state index < -0.39 is 29.4 Å². The van der Waals surface area contributed by atoms with Crippen LogP contribution in [0.15, 0.2) is 83.5 Å². The normalized spacial score (nSPS) is 23.8. The van der Waals surface area contributed by atoms with E-state index in [1.54, 1.807) is 30.5 Å². The van der Waals surface area contributed by atoms with Gasteiger partial charge in [0, 0.05) is 27.3 Å². The van der Waals surface area contributed by atoms with Crippen molar-refractivity contribution in [1.82, 2.24) is 4.90 Å². The summed E-state index contributed by atoms with van der Waals surface area (Å²) in [5.74, 6) is -1.85. The van der Waals surface area contributed by atoms with Crippen molar-refractivity contribution in [3.05, 3.63) is 105 Å². The van der Waals surface area contributed by atoms with Gasteiger partial charge in [-0.3, -0.25) is 9.59 Å². The third-order valence-corrected chi connectivity index (χ3v) is 7.67. The van der Waals surface area contributed by atoms with E-state index >= 15 is 0 Å². The van der Waals surface area contributed by atoms with E-state index in [4.69, 9.17) is 16.3 Å². The molecule has 180 valence electrons. The number of fused-ring (bicyclic) bond motifs is 3. The molecule has 0 spiro atoms. The van der Waals surface area contributed by atoms with E-state index in [2.05, 4.69) is 27.3 Å². The summed E-state index contributed by atoms with van der Waals surface area (Å²) in [5, 5.41) is 14.2. The number of hydrogen-bond acceptors (Lipinski definition) is 5. The number of esters is 1. The van der Waals surface area contributed by atoms with Gasteiger partial charge in [0.25, 0.3) is 0 Å². The highest BCUT2D eigenvalue weighted by Crippen LogP contribution is 2.60. The lowest BCUT2D eigenvalue weighted by Crippen LogP contribution is -2.42. The van der Waals surface area contributed by atoms with Gasteiger partial charge in [0.05, 0.1) is 19.2 Å². The Kier molecular flexibility index (Phi) is 6.33. The fourth-order valence-corrected chi connectivity index (χ4v) is 5.78. The quantitative estimate of drug-likeness (QED) is 0.399. The van der Waals surface area contributed by atoms with Crippen molar-refractivity contribution in [2.45, 2.75) is 18.0 Å². The first-order valence-electron chi connectivity index (χ1n) is 11.3. The molecule has 0 bridgehead atoms. The van der Waals surface area contributed by atoms with Crippen molar-refractivity contribution in [3.63, 3.8) is 0 Å². The second kappa shape index (κ2) is 9.45. The second-order valence-corrected chi connectivity index (χ2v) is 10.1. The summed E-state index contributed by atoms with van der Waals surface area (Å²) in [6.07, 6.45) is 3.70. The van der Waals surface area contributed by atoms with E-state index in [1.807, 2.05) is 59.5 Å². The summed E-state index contributed by atoms with van der Waals surface area (Å²) in [4.78, 5) is 29.4. The van der Waals surface area contributed by atoms with Crippen LogP contribution in [0.1, 0.15) is 28.7 Å². The van der Waals surface area contributed by atoms with Gasteiger partial charge < -0.3 is 15.0 Å². The average molecular weight is 563 g/mol. The molecule has 1 fully saturated rings. The summed E-state index contributed by atoms with van der Waals surface area (Å²) in [7, 11) is 1.27. The van der Waals surface area contributed by atoms with E-state index in [0.29, 0.717) is 16.3 Å². The smallest absolute Gasteiger partial charge is 0.329 e. The molecule has 2 aliphatic rings. The van der Waals surface area contributed by atoms with Crippen LogP contribution >= 0.6 is 27.5 Å². The van der Waals surface area contributed by atoms with Crippen LogP contribution in [0.2, 0.25) is 5.02 Å². The van der Waals surface area contributed by atoms with Gasteiger partial charge in [-0.2, -0.15) is 5.26 Å². The Labute approximate surface area is 222 Å². The number of nitrogens with one attached hydrogen (secondary N) is 1. The lowest BCUT2D eigenvalue weighted by molar-refractivity contribution is -0.151. The Morgan fingerprint density at radius 1 is 1.08 bits per heavy atom. The van der Waals surface area contributed by atoms with Crippen molar-refractivity contribution in [2.75, 3.05) is 12.4 Å². The standard InChI is InChI=1S/C28H21BrClN3O3/c1-36-27(35)28(16-31)23(18-6-8-19(29)9-7-18)24(26(34)32-21-12-10-20(30)11-13-21)33-15-14-17-4-2-3-5-22(17)25(28)33/h2-15,23-25H,1H3,(H,32,34)/t23-,24+,25-,28+/m1/s1. The van der Waals surface area contributed by atoms with Gasteiger partial charge in [-0.25, -0.2) is 0 Å². The number of halogens is 2. The van der Waals surface area contributed by atoms with Crippen LogP contribution in [-0.4, -0.2) is 29.9 Å². The molecule has 8 heteroatoms. The number of nitriles is 1. The second-order valence-electron chi connectivity index (χ2n) is 8.74. The predicted octanol–water partition coefficient (Wildman–Crippen LogP) is 5.92. The van der Waals surface area contributed by atoms with Gasteiger partial charge >= 0.3 is 5.97 Å². The molecule has 0 radical (unpaired) electrons. The van der Waals surface area contributed by atoms with Gasteiger partial charge in [0.2, 0.25) is 5.91 Å². The lowest BCUT2D eigenvalue weighted by atomic mass is 9.67. The first-order valence-corrected chi connectivity index (χ1v) is 12.4. The molecule has 2 heterocycles. The number of anilines is 1. The van der Waals surface area contributed by atoms with Crippen LogP contribution in [0.3, 0.4) is 0 Å². The Balaban J connectivity index is 1.72. The van der Waals surface area contributed by atoms with Gasteiger partial charge in [0.1, 0.15) is 6.04 Å². The SMILES string of the molecule is COC(=O)[C@@]1(C#N)[C@H](c2ccc(Br)cc2)[C@@H](C(=O)Nc2ccc(Cl)cc2)N2C=Cc3ccccc3[C@@H]21. The number of benzene rings is 3. The van der Waals surface area contributed by atoms with Crippen molar-refractivity contribution in [3.8, 4) is 6.07 Å². The topological polar surface area (TPSA) is 82.4 Å². The fourth-order valence-electron chi connectivity index (χ4n) is 5.38. The van der Waals surface area contributed by atoms with Crippen LogP contribution in [0.25, 0.3) is 6.08 Å². The molecule has 0 aromatic heterocycles. The molecule has 3 aromatic rings. The molecule has 6 nitrogen and oxygen atoms in total. The molecule has 3 aromatic carbocycles. The molecule has 1 saturated heterocycles. The maximum absolute atomic E-state index is 13.9. The zero-order valence-corrected chi connectivity index (χ0v) is 21.5. The fraction of sp³-hybridized carbons (Fsp3) is 0.179. The minimum absolute atomic E-state index is 0.347. The molecule has 4 atom stereocenters. The molecule has 1 amide bonds. The van der Waals surface area contributed by atoms with Crippen LogP contribution < -0.4 is 5.32 Å². The summed E-state index contributed by atoms with van der Waals surface area (Å²) in [6.45, 7) is 0. The number of ether oxygens (including phenoxy) is 1. The molecular formula is C28H21BrClN3O3. The van der Waals surface area contributed by atoms with Crippen LogP contribution in [0.5, 0.6) is 0 Å². The molecular weight excluding hydrogens is 542 g/mol. The minimum atomic E-state index is -1.69. The van der Waals surface area contributed by atoms with Gasteiger partial charge in [0.15, 0.2) is 5.41 Å². The van der Waals surface area contributed by atoms with Gasteiger partial charge in [-0.05, 0) is 59.2 Å². The highest BCUT2D eigenvalue weighted by molar-refractivity contribution is 9.10. The molecule has 0 aliphatic carbocycles. The van der Waals surface area contributed by atoms with Crippen molar-refractivity contribution < 1.29 is 14.3 Å². The molecule has 2 aliphatic heterocycles. The number of rotatable bonds is 4. The van der Waals surface area contributed by atoms with Gasteiger partial charge in [-0.15, -0.1) is 0 Å². The van der Waals surface area contributed by atoms with Crippen molar-refractivity contribution >= 4 is 51.2 Å². The highest BCUT2D eigenvalue weighted by Gasteiger charge is 2.67. The maximum Gasteiger partial charge on any atom is 0.329 e. The number of carbonyl (C=O) groups excluding carboxylic acids is 2. The highest BCUT2D eigenvalue weighted by atomic mass is 79.9. The summed E-state index contributed by atoms with van der Waals surface area (Å²) in [6, 6.07) is 22.4. The van der Waals surface area contributed by atoms with E-state index in [9.17, 15) is 14.9 Å². The number of methoxy groups -OCH3 is 1. The Morgan fingerprint density at radius 2 is 1.78 bits per heavy atom. The first kappa shape index (κ1) is 24.1. The Morgan fingerprint density at radius 3 is 2.44 bits per heavy atom. The summed E-state index contributed by atoms with van der Waals surface area (Å²) in [5.41, 5.74) is 1.23. The number of carbonyl (C=O) groups is 2. The van der Waals surface area contributed by atoms with E-state index in [1.165, 1.54) is 7.11 Å². The maximum atomic E-state index is 13.9. The summed E-state index contributed by atoms with van der Waals surface area (Å²) >= 11 is 9.47. The van der Waals surface area contributed by atoms with Crippen LogP contribution in [-0.2, 0) is 14.3 Å². The van der Waals surface area contributed by atoms with Crippen molar-refractivity contribution in [2.24, 2.45) is 5.41 Å². The van der Waals surface area contributed by atoms with Gasteiger partial charge in [-0.1, -0.05) is 63.9 Å². The molecule has 1 N–H and O–H groups in total. The van der Waals surface area contributed by atoms with Crippen LogP contribution in [0.4, 0.5) is 5.69 Å². The Bertz CT molecular complexity index is 1400. The molecule has 0 saturated carbocycles. The van der Waals surface area contributed by atoms with Crippen LogP contribution in [0, 0.1) is 16.7 Å². The largest absolute Gasteiger partial charge is 0.468 e. The molecule has 5 rings (SSSR count). The number of hydrogen-bond donors (Lipinski definition) is 1.